The molecule has 0 saturated carbocycles. The summed E-state index contributed by atoms with van der Waals surface area (Å²) in [5, 5.41) is 0. The number of hydrogen-bond donors (Lipinski definition) is 0. The van der Waals surface area contributed by atoms with Crippen molar-refractivity contribution in [1.82, 2.24) is 0 Å². The zero-order valence-corrected chi connectivity index (χ0v) is 8.62. The zero-order chi connectivity index (χ0) is 10.6. The van der Waals surface area contributed by atoms with E-state index in [4.69, 9.17) is 4.74 Å². The molecule has 0 aromatic heterocycles. The predicted molar refractivity (Wildman–Crippen MR) is 49.5 cm³/mol. The molecule has 2 unspecified atom stereocenters. The van der Waals surface area contributed by atoms with Crippen LogP contribution >= 0.6 is 0 Å². The summed E-state index contributed by atoms with van der Waals surface area (Å²) in [7, 11) is 1.30. The lowest BCUT2D eigenvalue weighted by molar-refractivity contribution is -0.154. The van der Waals surface area contributed by atoms with Crippen LogP contribution in [0.25, 0.3) is 0 Å². The molecular weight excluding hydrogens is 184 g/mol. The topological polar surface area (TPSA) is 52.6 Å². The van der Waals surface area contributed by atoms with Gasteiger partial charge in [-0.2, -0.15) is 0 Å². The fourth-order valence-corrected chi connectivity index (χ4v) is 1.70. The number of esters is 2. The molecule has 4 heteroatoms. The van der Waals surface area contributed by atoms with E-state index >= 15 is 0 Å². The van der Waals surface area contributed by atoms with Gasteiger partial charge in [-0.15, -0.1) is 0 Å². The highest BCUT2D eigenvalue weighted by atomic mass is 16.6. The Morgan fingerprint density at radius 3 is 2.93 bits per heavy atom. The molecule has 80 valence electrons. The first-order valence-corrected chi connectivity index (χ1v) is 4.95. The van der Waals surface area contributed by atoms with Crippen molar-refractivity contribution in [2.45, 2.75) is 26.2 Å². The molecule has 0 aliphatic carbocycles. The summed E-state index contributed by atoms with van der Waals surface area (Å²) in [4.78, 5) is 22.5. The number of cyclic esters (lactones) is 1. The van der Waals surface area contributed by atoms with Crippen LogP contribution in [0.15, 0.2) is 0 Å². The summed E-state index contributed by atoms with van der Waals surface area (Å²) in [5.74, 6) is -1.58. The lowest BCUT2D eigenvalue weighted by Gasteiger charge is -2.11. The molecule has 0 spiro atoms. The van der Waals surface area contributed by atoms with Crippen molar-refractivity contribution in [3.63, 3.8) is 0 Å². The van der Waals surface area contributed by atoms with Crippen molar-refractivity contribution in [1.29, 1.82) is 0 Å². The van der Waals surface area contributed by atoms with E-state index in [-0.39, 0.29) is 5.92 Å². The van der Waals surface area contributed by atoms with E-state index in [1.807, 2.05) is 0 Å². The maximum Gasteiger partial charge on any atom is 0.320 e. The minimum Gasteiger partial charge on any atom is -0.468 e. The molecule has 2 atom stereocenters. The van der Waals surface area contributed by atoms with Crippen molar-refractivity contribution >= 4 is 11.9 Å². The van der Waals surface area contributed by atoms with Crippen LogP contribution in [0.4, 0.5) is 0 Å². The number of unbranched alkanes of at least 4 members (excludes halogenated alkanes) is 1. The molecule has 1 aliphatic rings. The second kappa shape index (κ2) is 4.98. The third-order valence-electron chi connectivity index (χ3n) is 2.55. The fourth-order valence-electron chi connectivity index (χ4n) is 1.70. The van der Waals surface area contributed by atoms with Crippen LogP contribution in [0, 0.1) is 11.8 Å². The van der Waals surface area contributed by atoms with Crippen molar-refractivity contribution in [2.24, 2.45) is 11.8 Å². The highest BCUT2D eigenvalue weighted by Crippen LogP contribution is 2.27. The van der Waals surface area contributed by atoms with E-state index in [0.29, 0.717) is 6.61 Å². The van der Waals surface area contributed by atoms with Gasteiger partial charge in [0, 0.05) is 5.92 Å². The molecule has 1 aliphatic heterocycles. The Bertz CT molecular complexity index is 224. The lowest BCUT2D eigenvalue weighted by atomic mass is 9.91. The van der Waals surface area contributed by atoms with Crippen LogP contribution < -0.4 is 0 Å². The summed E-state index contributed by atoms with van der Waals surface area (Å²) in [6.07, 6.45) is 2.91. The van der Waals surface area contributed by atoms with E-state index in [9.17, 15) is 9.59 Å². The number of ether oxygens (including phenoxy) is 2. The van der Waals surface area contributed by atoms with E-state index in [2.05, 4.69) is 11.7 Å². The van der Waals surface area contributed by atoms with Crippen molar-refractivity contribution < 1.29 is 19.1 Å². The third kappa shape index (κ3) is 2.25. The number of rotatable bonds is 4. The van der Waals surface area contributed by atoms with Gasteiger partial charge < -0.3 is 9.47 Å². The Kier molecular flexibility index (Phi) is 3.92. The zero-order valence-electron chi connectivity index (χ0n) is 8.62. The van der Waals surface area contributed by atoms with E-state index in [1.54, 1.807) is 0 Å². The maximum absolute atomic E-state index is 11.3. The minimum atomic E-state index is -0.688. The van der Waals surface area contributed by atoms with Gasteiger partial charge in [0.2, 0.25) is 0 Å². The standard InChI is InChI=1S/C10H16O4/c1-3-4-5-7-6-14-10(12)8(7)9(11)13-2/h7-8H,3-6H2,1-2H3. The van der Waals surface area contributed by atoms with Crippen LogP contribution in [0.1, 0.15) is 26.2 Å². The minimum absolute atomic E-state index is 0.00917. The Morgan fingerprint density at radius 1 is 1.64 bits per heavy atom. The summed E-state index contributed by atoms with van der Waals surface area (Å²) in [6.45, 7) is 2.43. The highest BCUT2D eigenvalue weighted by Gasteiger charge is 2.42. The van der Waals surface area contributed by atoms with Crippen LogP contribution in [-0.2, 0) is 19.1 Å². The lowest BCUT2D eigenvalue weighted by Crippen LogP contribution is -2.26. The van der Waals surface area contributed by atoms with Gasteiger partial charge in [0.15, 0.2) is 5.92 Å². The summed E-state index contributed by atoms with van der Waals surface area (Å²) < 4.78 is 9.43. The van der Waals surface area contributed by atoms with Gasteiger partial charge in [-0.1, -0.05) is 19.8 Å². The molecule has 0 aromatic rings. The average molecular weight is 200 g/mol. The molecular formula is C10H16O4. The molecule has 1 fully saturated rings. The van der Waals surface area contributed by atoms with Gasteiger partial charge in [-0.05, 0) is 6.42 Å². The van der Waals surface area contributed by atoms with Crippen LogP contribution in [-0.4, -0.2) is 25.7 Å². The normalized spacial score (nSPS) is 26.0. The smallest absolute Gasteiger partial charge is 0.320 e. The molecule has 0 N–H and O–H groups in total. The fraction of sp³-hybridized carbons (Fsp3) is 0.800. The van der Waals surface area contributed by atoms with E-state index in [1.165, 1.54) is 7.11 Å². The van der Waals surface area contributed by atoms with Gasteiger partial charge in [-0.25, -0.2) is 0 Å². The summed E-state index contributed by atoms with van der Waals surface area (Å²) in [6, 6.07) is 0. The second-order valence-corrected chi connectivity index (χ2v) is 3.53. The summed E-state index contributed by atoms with van der Waals surface area (Å²) in [5.41, 5.74) is 0. The van der Waals surface area contributed by atoms with Crippen molar-refractivity contribution in [3.05, 3.63) is 0 Å². The molecule has 1 rings (SSSR count). The number of methoxy groups -OCH3 is 1. The van der Waals surface area contributed by atoms with E-state index in [0.717, 1.165) is 19.3 Å². The molecule has 0 radical (unpaired) electrons. The SMILES string of the molecule is CCCCC1COC(=O)C1C(=O)OC. The number of hydrogen-bond acceptors (Lipinski definition) is 4. The average Bonchev–Trinajstić information content (AvgIpc) is 2.55. The summed E-state index contributed by atoms with van der Waals surface area (Å²) >= 11 is 0. The first kappa shape index (κ1) is 11.0. The molecule has 0 bridgehead atoms. The molecule has 14 heavy (non-hydrogen) atoms. The van der Waals surface area contributed by atoms with Gasteiger partial charge in [0.25, 0.3) is 0 Å². The molecule has 1 heterocycles. The predicted octanol–water partition coefficient (Wildman–Crippen LogP) is 1.14. The first-order chi connectivity index (χ1) is 6.70. The number of carbonyl (C=O) groups excluding carboxylic acids is 2. The monoisotopic (exact) mass is 200 g/mol. The van der Waals surface area contributed by atoms with Gasteiger partial charge in [0.1, 0.15) is 0 Å². The number of carbonyl (C=O) groups is 2. The third-order valence-corrected chi connectivity index (χ3v) is 2.55. The van der Waals surface area contributed by atoms with Crippen molar-refractivity contribution in [2.75, 3.05) is 13.7 Å². The van der Waals surface area contributed by atoms with Gasteiger partial charge in [-0.3, -0.25) is 9.59 Å². The van der Waals surface area contributed by atoms with E-state index < -0.39 is 17.9 Å². The Labute approximate surface area is 83.6 Å². The van der Waals surface area contributed by atoms with Crippen molar-refractivity contribution in [3.8, 4) is 0 Å². The quantitative estimate of drug-likeness (QED) is 0.504. The Hall–Kier alpha value is -1.06. The van der Waals surface area contributed by atoms with Gasteiger partial charge >= 0.3 is 11.9 Å². The van der Waals surface area contributed by atoms with Crippen LogP contribution in [0.3, 0.4) is 0 Å². The highest BCUT2D eigenvalue weighted by molar-refractivity contribution is 5.96. The molecule has 0 aromatic carbocycles. The van der Waals surface area contributed by atoms with Crippen LogP contribution in [0.2, 0.25) is 0 Å². The maximum atomic E-state index is 11.3. The Morgan fingerprint density at radius 2 is 2.36 bits per heavy atom. The second-order valence-electron chi connectivity index (χ2n) is 3.53. The Balaban J connectivity index is 2.57. The van der Waals surface area contributed by atoms with Gasteiger partial charge in [0.05, 0.1) is 13.7 Å². The molecule has 1 saturated heterocycles. The van der Waals surface area contributed by atoms with Crippen LogP contribution in [0.5, 0.6) is 0 Å². The first-order valence-electron chi connectivity index (χ1n) is 4.95. The molecule has 0 amide bonds. The largest absolute Gasteiger partial charge is 0.468 e. The molecule has 4 nitrogen and oxygen atoms in total.